The van der Waals surface area contributed by atoms with Crippen LogP contribution in [0.5, 0.6) is 0 Å². The van der Waals surface area contributed by atoms with Crippen LogP contribution in [-0.4, -0.2) is 15.3 Å². The van der Waals surface area contributed by atoms with E-state index in [2.05, 4.69) is 15.3 Å². The predicted octanol–water partition coefficient (Wildman–Crippen LogP) is 2.75. The van der Waals surface area contributed by atoms with Crippen molar-refractivity contribution in [1.82, 2.24) is 15.3 Å². The summed E-state index contributed by atoms with van der Waals surface area (Å²) < 4.78 is 10.6. The molecule has 0 unspecified atom stereocenters. The molecule has 2 aliphatic rings. The molecular weight excluding hydrogens is 280 g/mol. The van der Waals surface area contributed by atoms with E-state index in [1.54, 1.807) is 0 Å². The number of hydrogen-bond donors (Lipinski definition) is 1. The predicted molar refractivity (Wildman–Crippen MR) is 73.4 cm³/mol. The molecule has 4 rings (SSSR count). The Balaban J connectivity index is 0.00000121. The third-order valence-corrected chi connectivity index (χ3v) is 4.09. The van der Waals surface area contributed by atoms with Crippen LogP contribution in [0.4, 0.5) is 0 Å². The van der Waals surface area contributed by atoms with Gasteiger partial charge in [0.2, 0.25) is 0 Å². The summed E-state index contributed by atoms with van der Waals surface area (Å²) in [6.07, 6.45) is 6.42. The van der Waals surface area contributed by atoms with E-state index >= 15 is 0 Å². The molecule has 2 fully saturated rings. The van der Waals surface area contributed by atoms with E-state index in [0.29, 0.717) is 23.3 Å². The van der Waals surface area contributed by atoms with Gasteiger partial charge in [0.15, 0.2) is 11.5 Å². The monoisotopic (exact) mass is 296 g/mol. The first-order valence-electron chi connectivity index (χ1n) is 6.85. The topological polar surface area (TPSA) is 91.0 Å². The van der Waals surface area contributed by atoms with E-state index in [1.165, 1.54) is 12.8 Å². The maximum absolute atomic E-state index is 6.31. The third-order valence-electron chi connectivity index (χ3n) is 4.09. The highest BCUT2D eigenvalue weighted by molar-refractivity contribution is 5.85. The van der Waals surface area contributed by atoms with Crippen LogP contribution < -0.4 is 5.73 Å². The minimum absolute atomic E-state index is 0. The Kier molecular flexibility index (Phi) is 3.30. The second kappa shape index (κ2) is 4.86. The van der Waals surface area contributed by atoms with Gasteiger partial charge in [0.25, 0.3) is 5.89 Å². The first-order chi connectivity index (χ1) is 9.24. The van der Waals surface area contributed by atoms with Crippen LogP contribution in [0.25, 0.3) is 11.6 Å². The molecule has 0 atom stereocenters. The van der Waals surface area contributed by atoms with Crippen molar-refractivity contribution in [2.45, 2.75) is 50.0 Å². The number of rotatable bonds is 3. The zero-order chi connectivity index (χ0) is 12.9. The van der Waals surface area contributed by atoms with Gasteiger partial charge in [-0.25, -0.2) is 0 Å². The Morgan fingerprint density at radius 1 is 1.15 bits per heavy atom. The lowest BCUT2D eigenvalue weighted by molar-refractivity contribution is 0.365. The van der Waals surface area contributed by atoms with Crippen LogP contribution in [-0.2, 0) is 5.54 Å². The van der Waals surface area contributed by atoms with Crippen molar-refractivity contribution in [3.8, 4) is 11.6 Å². The largest absolute Gasteiger partial charge is 0.360 e. The van der Waals surface area contributed by atoms with Gasteiger partial charge in [-0.2, -0.15) is 4.98 Å². The molecule has 0 amide bonds. The van der Waals surface area contributed by atoms with E-state index in [-0.39, 0.29) is 12.4 Å². The number of nitrogens with zero attached hydrogens (tertiary/aromatic N) is 3. The molecule has 2 aliphatic carbocycles. The molecular formula is C13H17ClN4O2. The summed E-state index contributed by atoms with van der Waals surface area (Å²) in [7, 11) is 0. The van der Waals surface area contributed by atoms with Crippen molar-refractivity contribution in [2.24, 2.45) is 5.73 Å². The van der Waals surface area contributed by atoms with Gasteiger partial charge in [0, 0.05) is 12.0 Å². The van der Waals surface area contributed by atoms with Crippen LogP contribution in [0, 0.1) is 0 Å². The fourth-order valence-corrected chi connectivity index (χ4v) is 2.71. The highest BCUT2D eigenvalue weighted by Gasteiger charge is 2.36. The average Bonchev–Trinajstić information content (AvgIpc) is 2.89. The molecule has 2 N–H and O–H groups in total. The van der Waals surface area contributed by atoms with Crippen molar-refractivity contribution < 1.29 is 9.05 Å². The quantitative estimate of drug-likeness (QED) is 0.936. The maximum atomic E-state index is 6.31. The lowest BCUT2D eigenvalue weighted by atomic mass is 9.99. The lowest BCUT2D eigenvalue weighted by Crippen LogP contribution is -2.34. The summed E-state index contributed by atoms with van der Waals surface area (Å²) in [4.78, 5) is 4.40. The van der Waals surface area contributed by atoms with E-state index in [9.17, 15) is 0 Å². The smallest absolute Gasteiger partial charge is 0.280 e. The van der Waals surface area contributed by atoms with Crippen molar-refractivity contribution in [1.29, 1.82) is 0 Å². The minimum Gasteiger partial charge on any atom is -0.360 e. The molecule has 0 aliphatic heterocycles. The summed E-state index contributed by atoms with van der Waals surface area (Å²) in [5.41, 5.74) is 6.49. The summed E-state index contributed by atoms with van der Waals surface area (Å²) in [5, 5.41) is 8.02. The normalized spacial score (nSPS) is 20.9. The molecule has 0 spiro atoms. The van der Waals surface area contributed by atoms with Gasteiger partial charge < -0.3 is 14.8 Å². The van der Waals surface area contributed by atoms with Crippen molar-refractivity contribution in [2.75, 3.05) is 0 Å². The van der Waals surface area contributed by atoms with E-state index in [0.717, 1.165) is 31.4 Å². The van der Waals surface area contributed by atoms with Gasteiger partial charge in [0.1, 0.15) is 5.76 Å². The molecule has 7 heteroatoms. The van der Waals surface area contributed by atoms with Crippen LogP contribution in [0.3, 0.4) is 0 Å². The van der Waals surface area contributed by atoms with Crippen molar-refractivity contribution in [3.05, 3.63) is 17.7 Å². The molecule has 2 saturated carbocycles. The van der Waals surface area contributed by atoms with E-state index in [1.807, 2.05) is 6.07 Å². The van der Waals surface area contributed by atoms with Crippen molar-refractivity contribution >= 4 is 12.4 Å². The standard InChI is InChI=1S/C13H16N4O2.ClH/c14-13(5-1-2-6-13)12-15-11(19-17-12)9-7-10(18-16-9)8-3-4-8;/h7-8H,1-6,14H2;1H. The lowest BCUT2D eigenvalue weighted by Gasteiger charge is -2.17. The van der Waals surface area contributed by atoms with Crippen LogP contribution in [0.2, 0.25) is 0 Å². The van der Waals surface area contributed by atoms with Gasteiger partial charge in [-0.3, -0.25) is 0 Å². The molecule has 0 bridgehead atoms. The molecule has 2 aromatic rings. The summed E-state index contributed by atoms with van der Waals surface area (Å²) in [6, 6.07) is 1.90. The molecule has 0 saturated heterocycles. The minimum atomic E-state index is -0.426. The fourth-order valence-electron chi connectivity index (χ4n) is 2.71. The van der Waals surface area contributed by atoms with Gasteiger partial charge in [-0.15, -0.1) is 12.4 Å². The Morgan fingerprint density at radius 3 is 2.60 bits per heavy atom. The second-order valence-electron chi connectivity index (χ2n) is 5.68. The number of halogens is 1. The fraction of sp³-hybridized carbons (Fsp3) is 0.615. The summed E-state index contributed by atoms with van der Waals surface area (Å²) in [5.74, 6) is 2.44. The summed E-state index contributed by atoms with van der Waals surface area (Å²) >= 11 is 0. The van der Waals surface area contributed by atoms with Gasteiger partial charge in [0.05, 0.1) is 5.54 Å². The number of nitrogens with two attached hydrogens (primary N) is 1. The van der Waals surface area contributed by atoms with Crippen molar-refractivity contribution in [3.63, 3.8) is 0 Å². The van der Waals surface area contributed by atoms with E-state index < -0.39 is 5.54 Å². The Labute approximate surface area is 122 Å². The first-order valence-corrected chi connectivity index (χ1v) is 6.85. The van der Waals surface area contributed by atoms with Crippen LogP contribution in [0.15, 0.2) is 15.1 Å². The van der Waals surface area contributed by atoms with Gasteiger partial charge in [-0.05, 0) is 25.7 Å². The second-order valence-corrected chi connectivity index (χ2v) is 5.68. The van der Waals surface area contributed by atoms with E-state index in [4.69, 9.17) is 14.8 Å². The Hall–Kier alpha value is -1.40. The molecule has 2 aromatic heterocycles. The van der Waals surface area contributed by atoms with Crippen LogP contribution in [0.1, 0.15) is 56.0 Å². The van der Waals surface area contributed by atoms with Gasteiger partial charge >= 0.3 is 0 Å². The average molecular weight is 297 g/mol. The molecule has 6 nitrogen and oxygen atoms in total. The Morgan fingerprint density at radius 2 is 1.90 bits per heavy atom. The zero-order valence-corrected chi connectivity index (χ0v) is 11.9. The molecule has 0 aromatic carbocycles. The Bertz CT molecular complexity index is 599. The number of hydrogen-bond acceptors (Lipinski definition) is 6. The summed E-state index contributed by atoms with van der Waals surface area (Å²) in [6.45, 7) is 0. The SMILES string of the molecule is Cl.NC1(c2noc(-c3cc(C4CC4)on3)n2)CCCC1. The highest BCUT2D eigenvalue weighted by atomic mass is 35.5. The molecule has 0 radical (unpaired) electrons. The number of aromatic nitrogens is 3. The molecule has 108 valence electrons. The van der Waals surface area contributed by atoms with Gasteiger partial charge in [-0.1, -0.05) is 23.2 Å². The zero-order valence-electron chi connectivity index (χ0n) is 11.0. The first kappa shape index (κ1) is 13.6. The highest BCUT2D eigenvalue weighted by Crippen LogP contribution is 2.41. The molecule has 20 heavy (non-hydrogen) atoms. The third kappa shape index (κ3) is 2.23. The molecule has 2 heterocycles. The van der Waals surface area contributed by atoms with Crippen LogP contribution >= 0.6 is 12.4 Å². The maximum Gasteiger partial charge on any atom is 0.280 e.